The van der Waals surface area contributed by atoms with E-state index in [1.807, 2.05) is 0 Å². The molecule has 9 nitrogen and oxygen atoms in total. The van der Waals surface area contributed by atoms with Crippen LogP contribution in [0.1, 0.15) is 33.6 Å². The van der Waals surface area contributed by atoms with E-state index < -0.39 is 58.0 Å². The minimum absolute atomic E-state index is 0.0107. The standard InChI is InChI=1S/C26H37NO8/c1-6-27-11-22(3)8-7-16(31-4)25-19(22)20(35-13(2)28)26(21(25)27)24(33-12-34-26)10-15(29)14-9-23(25,30)18(24)17(14)32-5/h7-8,14-21,29-30H,6,9-12H2,1-5H3/t14-,15+,16+,17+,18+,19-,20+,21+,22+,23+,24-,25-,26+/m1/s1. The summed E-state index contributed by atoms with van der Waals surface area (Å²) in [6.45, 7) is 7.24. The van der Waals surface area contributed by atoms with Gasteiger partial charge < -0.3 is 33.9 Å². The number of carbonyl (C=O) groups is 1. The lowest BCUT2D eigenvalue weighted by Crippen LogP contribution is -2.85. The van der Waals surface area contributed by atoms with E-state index in [-0.39, 0.29) is 30.6 Å². The van der Waals surface area contributed by atoms with Gasteiger partial charge in [-0.1, -0.05) is 26.0 Å². The molecular formula is C26H37NO8. The van der Waals surface area contributed by atoms with Crippen LogP contribution in [0.25, 0.3) is 0 Å². The SMILES string of the molecule is CCN1C[C@]2(C)C=C[C@H](OC)[C@@]34[C@H]1[C@@]1(OCO[C@@]15C[C@H](O)[C@H]1C[C@]3(O)[C@@H]5[C@H]1OC)[C@@H](OC(C)=O)[C@@H]42. The monoisotopic (exact) mass is 491 g/mol. The zero-order valence-corrected chi connectivity index (χ0v) is 21.1. The second-order valence-electron chi connectivity index (χ2n) is 12.3. The number of carbonyl (C=O) groups excluding carboxylic acids is 1. The number of methoxy groups -OCH3 is 2. The molecule has 7 aliphatic rings. The zero-order chi connectivity index (χ0) is 24.8. The average molecular weight is 492 g/mol. The molecule has 7 rings (SSSR count). The largest absolute Gasteiger partial charge is 0.459 e. The molecule has 194 valence electrons. The molecule has 4 saturated carbocycles. The van der Waals surface area contributed by atoms with Crippen LogP contribution in [-0.4, -0.2) is 102 Å². The molecule has 0 aromatic heterocycles. The normalized spacial score (nSPS) is 61.1. The number of aliphatic hydroxyl groups is 2. The van der Waals surface area contributed by atoms with Crippen molar-refractivity contribution in [3.05, 3.63) is 12.2 Å². The first-order valence-electron chi connectivity index (χ1n) is 13.0. The van der Waals surface area contributed by atoms with Crippen molar-refractivity contribution in [2.45, 2.75) is 80.9 Å². The number of ether oxygens (including phenoxy) is 5. The van der Waals surface area contributed by atoms with Gasteiger partial charge in [-0.2, -0.15) is 0 Å². The first-order valence-corrected chi connectivity index (χ1v) is 13.0. The minimum Gasteiger partial charge on any atom is -0.459 e. The van der Waals surface area contributed by atoms with Gasteiger partial charge in [0.1, 0.15) is 18.5 Å². The van der Waals surface area contributed by atoms with Crippen molar-refractivity contribution < 1.29 is 38.7 Å². The summed E-state index contributed by atoms with van der Waals surface area (Å²) in [5.41, 5.74) is -4.69. The Kier molecular flexibility index (Phi) is 4.40. The third-order valence-corrected chi connectivity index (χ3v) is 11.4. The number of piperidine rings is 1. The highest BCUT2D eigenvalue weighted by atomic mass is 16.7. The molecule has 13 atom stereocenters. The molecule has 6 fully saturated rings. The Morgan fingerprint density at radius 2 is 1.97 bits per heavy atom. The summed E-state index contributed by atoms with van der Waals surface area (Å²) >= 11 is 0. The maximum Gasteiger partial charge on any atom is 0.303 e. The van der Waals surface area contributed by atoms with E-state index in [4.69, 9.17) is 23.7 Å². The third-order valence-electron chi connectivity index (χ3n) is 11.4. The van der Waals surface area contributed by atoms with Crippen molar-refractivity contribution in [1.29, 1.82) is 0 Å². The van der Waals surface area contributed by atoms with E-state index in [1.165, 1.54) is 6.92 Å². The number of likely N-dealkylation sites (tertiary alicyclic amines) is 1. The topological polar surface area (TPSA) is 107 Å². The van der Waals surface area contributed by atoms with Crippen molar-refractivity contribution in [2.24, 2.45) is 28.6 Å². The molecule has 5 aliphatic carbocycles. The fourth-order valence-corrected chi connectivity index (χ4v) is 11.0. The Bertz CT molecular complexity index is 1010. The van der Waals surface area contributed by atoms with E-state index in [0.29, 0.717) is 12.8 Å². The van der Waals surface area contributed by atoms with Crippen LogP contribution in [0.3, 0.4) is 0 Å². The van der Waals surface area contributed by atoms with Gasteiger partial charge in [-0.05, 0) is 13.0 Å². The highest BCUT2D eigenvalue weighted by Crippen LogP contribution is 2.83. The summed E-state index contributed by atoms with van der Waals surface area (Å²) in [6, 6.07) is -0.331. The number of rotatable bonds is 4. The molecule has 0 amide bonds. The molecule has 0 radical (unpaired) electrons. The maximum atomic E-state index is 13.2. The predicted octanol–water partition coefficient (Wildman–Crippen LogP) is 0.472. The van der Waals surface area contributed by atoms with Crippen molar-refractivity contribution in [3.8, 4) is 0 Å². The van der Waals surface area contributed by atoms with Crippen LogP contribution in [-0.2, 0) is 28.5 Å². The molecule has 0 unspecified atom stereocenters. The molecule has 3 spiro atoms. The van der Waals surface area contributed by atoms with Crippen LogP contribution in [0.4, 0.5) is 0 Å². The number of nitrogens with zero attached hydrogens (tertiary/aromatic N) is 1. The van der Waals surface area contributed by atoms with E-state index in [2.05, 4.69) is 30.9 Å². The van der Waals surface area contributed by atoms with Gasteiger partial charge in [0.15, 0.2) is 5.60 Å². The Labute approximate surface area is 205 Å². The highest BCUT2D eigenvalue weighted by molar-refractivity contribution is 5.67. The molecule has 2 heterocycles. The van der Waals surface area contributed by atoms with Gasteiger partial charge in [-0.15, -0.1) is 0 Å². The second-order valence-corrected chi connectivity index (χ2v) is 12.3. The maximum absolute atomic E-state index is 13.2. The summed E-state index contributed by atoms with van der Waals surface area (Å²) in [5.74, 6) is -1.33. The lowest BCUT2D eigenvalue weighted by molar-refractivity contribution is -0.317. The zero-order valence-electron chi connectivity index (χ0n) is 21.1. The molecule has 2 saturated heterocycles. The van der Waals surface area contributed by atoms with Gasteiger partial charge in [0.2, 0.25) is 0 Å². The summed E-state index contributed by atoms with van der Waals surface area (Å²) in [5, 5.41) is 24.7. The van der Waals surface area contributed by atoms with Crippen LogP contribution < -0.4 is 0 Å². The summed E-state index contributed by atoms with van der Waals surface area (Å²) in [7, 11) is 3.33. The summed E-state index contributed by atoms with van der Waals surface area (Å²) < 4.78 is 31.9. The number of fused-ring (bicyclic) bond motifs is 1. The van der Waals surface area contributed by atoms with E-state index in [9.17, 15) is 15.0 Å². The third kappa shape index (κ3) is 2.05. The highest BCUT2D eigenvalue weighted by Gasteiger charge is 2.97. The van der Waals surface area contributed by atoms with Gasteiger partial charge in [-0.25, -0.2) is 0 Å². The second kappa shape index (κ2) is 6.67. The van der Waals surface area contributed by atoms with Crippen molar-refractivity contribution in [2.75, 3.05) is 34.1 Å². The molecule has 0 aromatic rings. The van der Waals surface area contributed by atoms with Gasteiger partial charge >= 0.3 is 5.97 Å². The smallest absolute Gasteiger partial charge is 0.303 e. The number of hydrogen-bond donors (Lipinski definition) is 2. The van der Waals surface area contributed by atoms with E-state index in [1.54, 1.807) is 14.2 Å². The fourth-order valence-electron chi connectivity index (χ4n) is 11.0. The van der Waals surface area contributed by atoms with Crippen LogP contribution >= 0.6 is 0 Å². The Hall–Kier alpha value is -1.07. The van der Waals surface area contributed by atoms with Crippen LogP contribution in [0, 0.1) is 28.6 Å². The average Bonchev–Trinajstić information content (AvgIpc) is 3.36. The molecular weight excluding hydrogens is 454 g/mol. The first-order chi connectivity index (χ1) is 16.6. The van der Waals surface area contributed by atoms with Crippen molar-refractivity contribution in [1.82, 2.24) is 4.90 Å². The quantitative estimate of drug-likeness (QED) is 0.429. The lowest BCUT2D eigenvalue weighted by Gasteiger charge is -2.70. The Balaban J connectivity index is 1.63. The van der Waals surface area contributed by atoms with Crippen LogP contribution in [0.15, 0.2) is 12.2 Å². The van der Waals surface area contributed by atoms with Gasteiger partial charge in [0.25, 0.3) is 0 Å². The molecule has 9 heteroatoms. The first kappa shape index (κ1) is 23.1. The molecule has 7 bridgehead atoms. The Morgan fingerprint density at radius 1 is 1.20 bits per heavy atom. The number of aliphatic hydroxyl groups excluding tert-OH is 1. The van der Waals surface area contributed by atoms with Crippen LogP contribution in [0.2, 0.25) is 0 Å². The van der Waals surface area contributed by atoms with Crippen molar-refractivity contribution >= 4 is 5.97 Å². The van der Waals surface area contributed by atoms with E-state index in [0.717, 1.165) is 13.1 Å². The molecule has 35 heavy (non-hydrogen) atoms. The fraction of sp³-hybridized carbons (Fsp3) is 0.885. The molecule has 2 N–H and O–H groups in total. The molecule has 2 aliphatic heterocycles. The molecule has 0 aromatic carbocycles. The minimum atomic E-state index is -1.29. The van der Waals surface area contributed by atoms with E-state index >= 15 is 0 Å². The predicted molar refractivity (Wildman–Crippen MR) is 121 cm³/mol. The number of hydrogen-bond acceptors (Lipinski definition) is 9. The number of likely N-dealkylation sites (N-methyl/N-ethyl adjacent to an activating group) is 1. The lowest BCUT2D eigenvalue weighted by atomic mass is 9.42. The van der Waals surface area contributed by atoms with Crippen molar-refractivity contribution in [3.63, 3.8) is 0 Å². The number of esters is 1. The summed E-state index contributed by atoms with van der Waals surface area (Å²) in [4.78, 5) is 15.1. The Morgan fingerprint density at radius 3 is 2.63 bits per heavy atom. The van der Waals surface area contributed by atoms with Crippen LogP contribution in [0.5, 0.6) is 0 Å². The summed E-state index contributed by atoms with van der Waals surface area (Å²) in [6.07, 6.45) is 2.72. The van der Waals surface area contributed by atoms with Gasteiger partial charge in [0, 0.05) is 57.3 Å². The van der Waals surface area contributed by atoms with Gasteiger partial charge in [-0.3, -0.25) is 9.69 Å². The van der Waals surface area contributed by atoms with Gasteiger partial charge in [0.05, 0.1) is 35.4 Å².